The van der Waals surface area contributed by atoms with Gasteiger partial charge in [-0.2, -0.15) is 0 Å². The van der Waals surface area contributed by atoms with E-state index in [9.17, 15) is 4.79 Å². The van der Waals surface area contributed by atoms with E-state index in [1.165, 1.54) is 0 Å². The van der Waals surface area contributed by atoms with Gasteiger partial charge in [0.1, 0.15) is 0 Å². The predicted molar refractivity (Wildman–Crippen MR) is 65.7 cm³/mol. The Bertz CT molecular complexity index is 251. The number of ketones is 1. The first-order chi connectivity index (χ1) is 6.59. The minimum Gasteiger partial charge on any atom is -0.388 e. The van der Waals surface area contributed by atoms with Crippen molar-refractivity contribution in [1.29, 1.82) is 0 Å². The second-order valence-electron chi connectivity index (χ2n) is 5.95. The molecule has 0 bridgehead atoms. The van der Waals surface area contributed by atoms with E-state index in [0.717, 1.165) is 12.2 Å². The van der Waals surface area contributed by atoms with Crippen LogP contribution in [0.25, 0.3) is 0 Å². The molecular weight excluding hydrogens is 186 g/mol. The molecule has 0 fully saturated rings. The smallest absolute Gasteiger partial charge is 0.162 e. The van der Waals surface area contributed by atoms with Gasteiger partial charge in [0, 0.05) is 29.1 Å². The number of allylic oxidation sites excluding steroid dienone is 2. The molecule has 0 aromatic heterocycles. The number of carbonyl (C=O) groups is 1. The molecule has 0 amide bonds. The van der Waals surface area contributed by atoms with E-state index in [4.69, 9.17) is 0 Å². The number of rotatable bonds is 3. The summed E-state index contributed by atoms with van der Waals surface area (Å²) in [5, 5.41) is 3.27. The zero-order valence-electron chi connectivity index (χ0n) is 11.2. The number of carbonyl (C=O) groups excluding carboxylic acids is 1. The van der Waals surface area contributed by atoms with Gasteiger partial charge in [0.2, 0.25) is 0 Å². The van der Waals surface area contributed by atoms with Crippen molar-refractivity contribution < 1.29 is 4.79 Å². The lowest BCUT2D eigenvalue weighted by Gasteiger charge is -2.25. The molecular formula is C13H25NO. The number of hydrogen-bond acceptors (Lipinski definition) is 2. The van der Waals surface area contributed by atoms with Crippen molar-refractivity contribution in [3.8, 4) is 0 Å². The quantitative estimate of drug-likeness (QED) is 0.727. The maximum absolute atomic E-state index is 11.9. The van der Waals surface area contributed by atoms with Crippen LogP contribution < -0.4 is 5.32 Å². The van der Waals surface area contributed by atoms with Crippen LogP contribution in [0.5, 0.6) is 0 Å². The van der Waals surface area contributed by atoms with Crippen LogP contribution in [0, 0.1) is 10.8 Å². The Morgan fingerprint density at radius 2 is 1.53 bits per heavy atom. The van der Waals surface area contributed by atoms with E-state index in [2.05, 4.69) is 26.1 Å². The van der Waals surface area contributed by atoms with Crippen LogP contribution >= 0.6 is 0 Å². The lowest BCUT2D eigenvalue weighted by atomic mass is 9.85. The van der Waals surface area contributed by atoms with Crippen molar-refractivity contribution in [3.63, 3.8) is 0 Å². The monoisotopic (exact) mass is 211 g/mol. The van der Waals surface area contributed by atoms with Crippen LogP contribution in [0.1, 0.15) is 48.5 Å². The molecule has 0 saturated heterocycles. The topological polar surface area (TPSA) is 29.1 Å². The van der Waals surface area contributed by atoms with Gasteiger partial charge >= 0.3 is 0 Å². The number of nitrogens with one attached hydrogen (secondary N) is 1. The summed E-state index contributed by atoms with van der Waals surface area (Å²) < 4.78 is 0. The van der Waals surface area contributed by atoms with Crippen molar-refractivity contribution in [1.82, 2.24) is 5.32 Å². The second-order valence-corrected chi connectivity index (χ2v) is 5.95. The van der Waals surface area contributed by atoms with Gasteiger partial charge in [-0.3, -0.25) is 4.79 Å². The average molecular weight is 211 g/mol. The maximum Gasteiger partial charge on any atom is 0.162 e. The van der Waals surface area contributed by atoms with E-state index < -0.39 is 0 Å². The molecule has 0 rings (SSSR count). The van der Waals surface area contributed by atoms with Crippen molar-refractivity contribution in [2.24, 2.45) is 10.8 Å². The Kier molecular flexibility index (Phi) is 4.57. The van der Waals surface area contributed by atoms with Gasteiger partial charge in [0.05, 0.1) is 0 Å². The summed E-state index contributed by atoms with van der Waals surface area (Å²) in [6, 6.07) is 0. The Hall–Kier alpha value is -0.790. The second kappa shape index (κ2) is 4.82. The molecule has 88 valence electrons. The standard InChI is InChI=1S/C13H25NO/c1-8-14-10(12(2,3)4)9-11(15)13(5,6)7/h9,14H,8H2,1-7H3. The lowest BCUT2D eigenvalue weighted by Crippen LogP contribution is -2.27. The normalized spacial score (nSPS) is 13.9. The molecule has 0 spiro atoms. The van der Waals surface area contributed by atoms with Gasteiger partial charge < -0.3 is 5.32 Å². The largest absolute Gasteiger partial charge is 0.388 e. The van der Waals surface area contributed by atoms with Gasteiger partial charge in [0.25, 0.3) is 0 Å². The first kappa shape index (κ1) is 14.2. The fourth-order valence-electron chi connectivity index (χ4n) is 1.07. The molecule has 0 unspecified atom stereocenters. The van der Waals surface area contributed by atoms with Crippen LogP contribution in [0.2, 0.25) is 0 Å². The van der Waals surface area contributed by atoms with Gasteiger partial charge in [-0.25, -0.2) is 0 Å². The molecule has 0 radical (unpaired) electrons. The average Bonchev–Trinajstić information content (AvgIpc) is 1.99. The molecule has 0 aliphatic rings. The first-order valence-corrected chi connectivity index (χ1v) is 5.59. The highest BCUT2D eigenvalue weighted by Crippen LogP contribution is 2.25. The van der Waals surface area contributed by atoms with Crippen molar-refractivity contribution in [2.75, 3.05) is 6.54 Å². The zero-order chi connectivity index (χ0) is 12.3. The Morgan fingerprint density at radius 1 is 1.07 bits per heavy atom. The molecule has 0 aromatic carbocycles. The predicted octanol–water partition coefficient (Wildman–Crippen LogP) is 3.14. The molecule has 2 nitrogen and oxygen atoms in total. The maximum atomic E-state index is 11.9. The van der Waals surface area contributed by atoms with Crippen LogP contribution in [-0.4, -0.2) is 12.3 Å². The van der Waals surface area contributed by atoms with Crippen LogP contribution in [0.4, 0.5) is 0 Å². The molecule has 2 heteroatoms. The zero-order valence-corrected chi connectivity index (χ0v) is 11.2. The third-order valence-corrected chi connectivity index (χ3v) is 2.19. The molecule has 0 heterocycles. The highest BCUT2D eigenvalue weighted by molar-refractivity contribution is 5.94. The minimum atomic E-state index is -0.300. The highest BCUT2D eigenvalue weighted by Gasteiger charge is 2.23. The van der Waals surface area contributed by atoms with E-state index >= 15 is 0 Å². The van der Waals surface area contributed by atoms with Gasteiger partial charge in [-0.05, 0) is 6.92 Å². The molecule has 15 heavy (non-hydrogen) atoms. The Labute approximate surface area is 94.1 Å². The minimum absolute atomic E-state index is 0.00306. The van der Waals surface area contributed by atoms with E-state index in [0.29, 0.717) is 0 Å². The Balaban J connectivity index is 4.94. The summed E-state index contributed by atoms with van der Waals surface area (Å²) in [6.45, 7) is 15.0. The number of hydrogen-bond donors (Lipinski definition) is 1. The summed E-state index contributed by atoms with van der Waals surface area (Å²) in [5.74, 6) is 0.174. The highest BCUT2D eigenvalue weighted by atomic mass is 16.1. The third kappa shape index (κ3) is 5.01. The fraction of sp³-hybridized carbons (Fsp3) is 0.769. The first-order valence-electron chi connectivity index (χ1n) is 5.59. The third-order valence-electron chi connectivity index (χ3n) is 2.19. The lowest BCUT2D eigenvalue weighted by molar-refractivity contribution is -0.121. The van der Waals surface area contributed by atoms with Crippen LogP contribution in [-0.2, 0) is 4.79 Å². The summed E-state index contributed by atoms with van der Waals surface area (Å²) in [6.07, 6.45) is 1.75. The summed E-state index contributed by atoms with van der Waals surface area (Å²) in [5.41, 5.74) is 0.716. The van der Waals surface area contributed by atoms with E-state index in [1.54, 1.807) is 6.08 Å². The van der Waals surface area contributed by atoms with Gasteiger partial charge in [-0.15, -0.1) is 0 Å². The molecule has 0 aliphatic heterocycles. The SMILES string of the molecule is CCNC(=CC(=O)C(C)(C)C)C(C)(C)C. The fourth-order valence-corrected chi connectivity index (χ4v) is 1.07. The van der Waals surface area contributed by atoms with Gasteiger partial charge in [-0.1, -0.05) is 41.5 Å². The van der Waals surface area contributed by atoms with Crippen molar-refractivity contribution in [2.45, 2.75) is 48.5 Å². The van der Waals surface area contributed by atoms with Crippen molar-refractivity contribution in [3.05, 3.63) is 11.8 Å². The summed E-state index contributed by atoms with van der Waals surface area (Å²) in [7, 11) is 0. The molecule has 0 atom stereocenters. The summed E-state index contributed by atoms with van der Waals surface area (Å²) >= 11 is 0. The van der Waals surface area contributed by atoms with E-state index in [-0.39, 0.29) is 16.6 Å². The van der Waals surface area contributed by atoms with E-state index in [1.807, 2.05) is 27.7 Å². The molecule has 0 saturated carbocycles. The summed E-state index contributed by atoms with van der Waals surface area (Å²) in [4.78, 5) is 11.9. The molecule has 0 aromatic rings. The molecule has 0 aliphatic carbocycles. The van der Waals surface area contributed by atoms with Gasteiger partial charge in [0.15, 0.2) is 5.78 Å². The van der Waals surface area contributed by atoms with Crippen LogP contribution in [0.15, 0.2) is 11.8 Å². The van der Waals surface area contributed by atoms with Crippen molar-refractivity contribution >= 4 is 5.78 Å². The van der Waals surface area contributed by atoms with Crippen LogP contribution in [0.3, 0.4) is 0 Å². The Morgan fingerprint density at radius 3 is 1.80 bits per heavy atom. The molecule has 1 N–H and O–H groups in total.